The van der Waals surface area contributed by atoms with Crippen LogP contribution in [0.5, 0.6) is 0 Å². The fraction of sp³-hybridized carbons (Fsp3) is 0.0952. The zero-order chi connectivity index (χ0) is 21.3. The number of nitrogens with one attached hydrogen (secondary N) is 1. The Labute approximate surface area is 176 Å². The molecule has 0 atom stereocenters. The van der Waals surface area contributed by atoms with Crippen molar-refractivity contribution < 1.29 is 9.72 Å². The molecule has 30 heavy (non-hydrogen) atoms. The molecule has 0 unspecified atom stereocenters. The van der Waals surface area contributed by atoms with E-state index in [2.05, 4.69) is 15.4 Å². The van der Waals surface area contributed by atoms with Gasteiger partial charge in [-0.3, -0.25) is 19.6 Å². The second-order valence-electron chi connectivity index (χ2n) is 6.53. The van der Waals surface area contributed by atoms with Crippen molar-refractivity contribution in [2.45, 2.75) is 13.5 Å². The average molecular weight is 422 g/mol. The van der Waals surface area contributed by atoms with Gasteiger partial charge in [0.1, 0.15) is 0 Å². The molecule has 2 heterocycles. The van der Waals surface area contributed by atoms with E-state index in [0.717, 1.165) is 5.56 Å². The van der Waals surface area contributed by atoms with Gasteiger partial charge < -0.3 is 5.32 Å². The molecule has 0 aliphatic heterocycles. The average Bonchev–Trinajstić information content (AvgIpc) is 3.23. The summed E-state index contributed by atoms with van der Waals surface area (Å²) >= 11 is 6.14. The summed E-state index contributed by atoms with van der Waals surface area (Å²) in [6, 6.07) is 12.8. The molecule has 8 nitrogen and oxygen atoms in total. The van der Waals surface area contributed by atoms with Gasteiger partial charge >= 0.3 is 0 Å². The Morgan fingerprint density at radius 1 is 1.23 bits per heavy atom. The van der Waals surface area contributed by atoms with Crippen LogP contribution in [0.25, 0.3) is 22.2 Å². The second kappa shape index (κ2) is 7.92. The number of anilines is 1. The maximum Gasteiger partial charge on any atom is 0.271 e. The molecule has 0 aliphatic rings. The molecule has 150 valence electrons. The van der Waals surface area contributed by atoms with Crippen molar-refractivity contribution in [3.05, 3.63) is 81.6 Å². The van der Waals surface area contributed by atoms with Gasteiger partial charge in [0.2, 0.25) is 0 Å². The Morgan fingerprint density at radius 2 is 2.03 bits per heavy atom. The number of nitro benzene ring substituents is 1. The molecule has 2 aromatic heterocycles. The summed E-state index contributed by atoms with van der Waals surface area (Å²) in [4.78, 5) is 28.3. The number of non-ortho nitro benzene ring substituents is 1. The maximum atomic E-state index is 13.1. The third-order valence-corrected chi connectivity index (χ3v) is 4.95. The minimum atomic E-state index is -0.544. The lowest BCUT2D eigenvalue weighted by atomic mass is 10.0. The number of aromatic nitrogens is 3. The standard InChI is InChI=1S/C21H16ClN5O3/c1-2-26-12-13(11-23-26)19-10-16(15-5-3-4-6-18(15)24-19)21(28)25-20-9-14(27(29)30)7-8-17(20)22/h3-12H,2H2,1H3,(H,25,28). The first-order valence-electron chi connectivity index (χ1n) is 9.14. The van der Waals surface area contributed by atoms with Gasteiger partial charge in [0.15, 0.2) is 0 Å². The highest BCUT2D eigenvalue weighted by atomic mass is 35.5. The number of nitro groups is 1. The van der Waals surface area contributed by atoms with Crippen LogP contribution < -0.4 is 5.32 Å². The number of hydrogen-bond donors (Lipinski definition) is 1. The molecule has 0 fully saturated rings. The Hall–Kier alpha value is -3.78. The van der Waals surface area contributed by atoms with Gasteiger partial charge in [-0.15, -0.1) is 0 Å². The fourth-order valence-electron chi connectivity index (χ4n) is 3.09. The fourth-order valence-corrected chi connectivity index (χ4v) is 3.26. The van der Waals surface area contributed by atoms with E-state index in [4.69, 9.17) is 11.6 Å². The van der Waals surface area contributed by atoms with Gasteiger partial charge in [0.25, 0.3) is 11.6 Å². The third-order valence-electron chi connectivity index (χ3n) is 4.62. The highest BCUT2D eigenvalue weighted by molar-refractivity contribution is 6.34. The predicted octanol–water partition coefficient (Wildman–Crippen LogP) is 4.93. The number of benzene rings is 2. The molecule has 4 rings (SSSR count). The Balaban J connectivity index is 1.78. The summed E-state index contributed by atoms with van der Waals surface area (Å²) in [7, 11) is 0. The van der Waals surface area contributed by atoms with Gasteiger partial charge in [-0.1, -0.05) is 29.8 Å². The summed E-state index contributed by atoms with van der Waals surface area (Å²) < 4.78 is 1.77. The lowest BCUT2D eigenvalue weighted by molar-refractivity contribution is -0.384. The molecule has 0 radical (unpaired) electrons. The van der Waals surface area contributed by atoms with Crippen molar-refractivity contribution >= 4 is 39.8 Å². The molecule has 0 saturated heterocycles. The van der Waals surface area contributed by atoms with Crippen LogP contribution in [0.2, 0.25) is 5.02 Å². The molecule has 9 heteroatoms. The van der Waals surface area contributed by atoms with Crippen molar-refractivity contribution in [2.75, 3.05) is 5.32 Å². The van der Waals surface area contributed by atoms with Gasteiger partial charge in [0.05, 0.1) is 38.6 Å². The van der Waals surface area contributed by atoms with E-state index in [1.54, 1.807) is 23.0 Å². The van der Waals surface area contributed by atoms with Crippen LogP contribution in [0.15, 0.2) is 60.9 Å². The number of carbonyl (C=O) groups is 1. The number of pyridine rings is 1. The number of rotatable bonds is 5. The molecular formula is C21H16ClN5O3. The monoisotopic (exact) mass is 421 g/mol. The molecule has 1 N–H and O–H groups in total. The van der Waals surface area contributed by atoms with E-state index in [1.807, 2.05) is 31.3 Å². The van der Waals surface area contributed by atoms with E-state index in [9.17, 15) is 14.9 Å². The number of amides is 1. The molecule has 1 amide bonds. The van der Waals surface area contributed by atoms with E-state index < -0.39 is 10.8 Å². The van der Waals surface area contributed by atoms with Gasteiger partial charge in [-0.25, -0.2) is 4.98 Å². The Bertz CT molecular complexity index is 1280. The Morgan fingerprint density at radius 3 is 2.77 bits per heavy atom. The first kappa shape index (κ1) is 19.5. The van der Waals surface area contributed by atoms with Crippen molar-refractivity contribution in [3.8, 4) is 11.3 Å². The van der Waals surface area contributed by atoms with Crippen LogP contribution in [0.4, 0.5) is 11.4 Å². The van der Waals surface area contributed by atoms with Gasteiger partial charge in [-0.2, -0.15) is 5.10 Å². The molecular weight excluding hydrogens is 406 g/mol. The quantitative estimate of drug-likeness (QED) is 0.363. The summed E-state index contributed by atoms with van der Waals surface area (Å²) in [5.74, 6) is -0.444. The van der Waals surface area contributed by atoms with Crippen LogP contribution in [0, 0.1) is 10.1 Å². The topological polar surface area (TPSA) is 103 Å². The minimum Gasteiger partial charge on any atom is -0.320 e. The van der Waals surface area contributed by atoms with E-state index in [1.165, 1.54) is 18.2 Å². The lowest BCUT2D eigenvalue weighted by Gasteiger charge is -2.11. The van der Waals surface area contributed by atoms with E-state index in [-0.39, 0.29) is 16.4 Å². The van der Waals surface area contributed by atoms with Crippen LogP contribution >= 0.6 is 11.6 Å². The van der Waals surface area contributed by atoms with E-state index in [0.29, 0.717) is 28.7 Å². The maximum absolute atomic E-state index is 13.1. The molecule has 0 saturated carbocycles. The first-order valence-corrected chi connectivity index (χ1v) is 9.52. The van der Waals surface area contributed by atoms with Crippen molar-refractivity contribution in [1.29, 1.82) is 0 Å². The molecule has 0 aliphatic carbocycles. The highest BCUT2D eigenvalue weighted by Gasteiger charge is 2.17. The lowest BCUT2D eigenvalue weighted by Crippen LogP contribution is -2.13. The number of halogens is 1. The number of aryl methyl sites for hydroxylation is 1. The number of fused-ring (bicyclic) bond motifs is 1. The molecule has 2 aromatic carbocycles. The van der Waals surface area contributed by atoms with Crippen molar-refractivity contribution in [1.82, 2.24) is 14.8 Å². The minimum absolute atomic E-state index is 0.164. The third kappa shape index (κ3) is 3.72. The number of para-hydroxylation sites is 1. The summed E-state index contributed by atoms with van der Waals surface area (Å²) in [5, 5.41) is 18.9. The summed E-state index contributed by atoms with van der Waals surface area (Å²) in [6.07, 6.45) is 3.55. The van der Waals surface area contributed by atoms with Crippen molar-refractivity contribution in [3.63, 3.8) is 0 Å². The van der Waals surface area contributed by atoms with Crippen LogP contribution in [0.3, 0.4) is 0 Å². The zero-order valence-electron chi connectivity index (χ0n) is 15.9. The second-order valence-corrected chi connectivity index (χ2v) is 6.94. The largest absolute Gasteiger partial charge is 0.320 e. The molecule has 0 spiro atoms. The van der Waals surface area contributed by atoms with E-state index >= 15 is 0 Å². The normalized spacial score (nSPS) is 10.9. The van der Waals surface area contributed by atoms with Crippen molar-refractivity contribution in [2.24, 2.45) is 0 Å². The number of hydrogen-bond acceptors (Lipinski definition) is 5. The highest BCUT2D eigenvalue weighted by Crippen LogP contribution is 2.29. The SMILES string of the molecule is CCn1cc(-c2cc(C(=O)Nc3cc([N+](=O)[O-])ccc3Cl)c3ccccc3n2)cn1. The number of nitrogens with zero attached hydrogens (tertiary/aromatic N) is 4. The summed E-state index contributed by atoms with van der Waals surface area (Å²) in [6.45, 7) is 2.69. The van der Waals surface area contributed by atoms with Crippen LogP contribution in [0.1, 0.15) is 17.3 Å². The van der Waals surface area contributed by atoms with Crippen LogP contribution in [-0.4, -0.2) is 25.6 Å². The zero-order valence-corrected chi connectivity index (χ0v) is 16.6. The van der Waals surface area contributed by atoms with Crippen LogP contribution in [-0.2, 0) is 6.54 Å². The van der Waals surface area contributed by atoms with Gasteiger partial charge in [0, 0.05) is 35.8 Å². The number of carbonyl (C=O) groups excluding carboxylic acids is 1. The predicted molar refractivity (Wildman–Crippen MR) is 115 cm³/mol. The Kier molecular flexibility index (Phi) is 5.16. The first-order chi connectivity index (χ1) is 14.5. The molecule has 4 aromatic rings. The molecule has 0 bridgehead atoms. The van der Waals surface area contributed by atoms with Gasteiger partial charge in [-0.05, 0) is 25.1 Å². The summed E-state index contributed by atoms with van der Waals surface area (Å²) in [5.41, 5.74) is 2.41. The smallest absolute Gasteiger partial charge is 0.271 e.